The van der Waals surface area contributed by atoms with Crippen LogP contribution in [0.5, 0.6) is 0 Å². The van der Waals surface area contributed by atoms with Gasteiger partial charge in [-0.2, -0.15) is 0 Å². The number of fused-ring (bicyclic) bond motifs is 1. The third-order valence-corrected chi connectivity index (χ3v) is 4.71. The molecule has 1 heterocycles. The summed E-state index contributed by atoms with van der Waals surface area (Å²) in [5.74, 6) is -1.80. The molecule has 114 valence electrons. The van der Waals surface area contributed by atoms with E-state index in [2.05, 4.69) is 0 Å². The van der Waals surface area contributed by atoms with Gasteiger partial charge in [-0.1, -0.05) is 20.3 Å². The molecule has 5 heteroatoms. The van der Waals surface area contributed by atoms with Gasteiger partial charge >= 0.3 is 11.9 Å². The van der Waals surface area contributed by atoms with Crippen LogP contribution in [0.1, 0.15) is 40.0 Å². The number of ether oxygens (including phenoxy) is 2. The van der Waals surface area contributed by atoms with Crippen LogP contribution in [-0.2, 0) is 19.1 Å². The highest BCUT2D eigenvalue weighted by Gasteiger charge is 2.55. The summed E-state index contributed by atoms with van der Waals surface area (Å²) in [4.78, 5) is 24.1. The number of unbranched alkanes of at least 4 members (excludes halogenated alkanes) is 1. The van der Waals surface area contributed by atoms with Crippen molar-refractivity contribution in [3.05, 3.63) is 0 Å². The molecular formula is C15H24O5. The molecule has 5 nitrogen and oxygen atoms in total. The van der Waals surface area contributed by atoms with Gasteiger partial charge in [0.25, 0.3) is 0 Å². The first kappa shape index (κ1) is 15.3. The van der Waals surface area contributed by atoms with Gasteiger partial charge in [-0.05, 0) is 25.7 Å². The third-order valence-electron chi connectivity index (χ3n) is 4.71. The maximum absolute atomic E-state index is 12.3. The molecule has 0 aromatic heterocycles. The fraction of sp³-hybridized carbons (Fsp3) is 0.867. The molecule has 0 spiro atoms. The number of cyclic esters (lactones) is 1. The highest BCUT2D eigenvalue weighted by molar-refractivity contribution is 5.80. The lowest BCUT2D eigenvalue weighted by Gasteiger charge is -2.39. The Bertz CT molecular complexity index is 380. The van der Waals surface area contributed by atoms with E-state index in [0.717, 1.165) is 12.8 Å². The summed E-state index contributed by atoms with van der Waals surface area (Å²) >= 11 is 0. The van der Waals surface area contributed by atoms with Crippen molar-refractivity contribution in [2.75, 3.05) is 6.61 Å². The number of rotatable bonds is 4. The Morgan fingerprint density at radius 2 is 2.15 bits per heavy atom. The highest BCUT2D eigenvalue weighted by atomic mass is 16.6. The fourth-order valence-corrected chi connectivity index (χ4v) is 3.48. The van der Waals surface area contributed by atoms with Crippen molar-refractivity contribution < 1.29 is 24.2 Å². The Morgan fingerprint density at radius 1 is 1.45 bits per heavy atom. The van der Waals surface area contributed by atoms with Crippen molar-refractivity contribution in [1.82, 2.24) is 0 Å². The van der Waals surface area contributed by atoms with Gasteiger partial charge < -0.3 is 14.6 Å². The van der Waals surface area contributed by atoms with Gasteiger partial charge in [0.2, 0.25) is 0 Å². The summed E-state index contributed by atoms with van der Waals surface area (Å²) in [5, 5.41) is 10.1. The molecule has 2 fully saturated rings. The smallest absolute Gasteiger partial charge is 0.309 e. The molecule has 20 heavy (non-hydrogen) atoms. The number of aliphatic hydroxyl groups is 1. The van der Waals surface area contributed by atoms with Crippen LogP contribution in [0.3, 0.4) is 0 Å². The van der Waals surface area contributed by atoms with Crippen molar-refractivity contribution in [2.24, 2.45) is 23.7 Å². The summed E-state index contributed by atoms with van der Waals surface area (Å²) in [5.41, 5.74) is 0. The quantitative estimate of drug-likeness (QED) is 0.626. The second kappa shape index (κ2) is 6.12. The Labute approximate surface area is 119 Å². The first-order valence-corrected chi connectivity index (χ1v) is 7.52. The molecule has 1 aliphatic carbocycles. The lowest BCUT2D eigenvalue weighted by atomic mass is 9.65. The van der Waals surface area contributed by atoms with Crippen LogP contribution in [0.2, 0.25) is 0 Å². The van der Waals surface area contributed by atoms with Crippen molar-refractivity contribution in [1.29, 1.82) is 0 Å². The summed E-state index contributed by atoms with van der Waals surface area (Å²) in [7, 11) is 0. The van der Waals surface area contributed by atoms with Crippen LogP contribution < -0.4 is 0 Å². The maximum Gasteiger partial charge on any atom is 0.309 e. The molecule has 0 aromatic carbocycles. The minimum atomic E-state index is -0.655. The zero-order chi connectivity index (χ0) is 14.9. The molecule has 1 aliphatic heterocycles. The maximum atomic E-state index is 12.3. The van der Waals surface area contributed by atoms with E-state index >= 15 is 0 Å². The predicted octanol–water partition coefficient (Wildman–Crippen LogP) is 1.52. The van der Waals surface area contributed by atoms with Crippen LogP contribution in [-0.4, -0.2) is 35.9 Å². The largest absolute Gasteiger partial charge is 0.465 e. The van der Waals surface area contributed by atoms with Crippen LogP contribution in [0.15, 0.2) is 0 Å². The van der Waals surface area contributed by atoms with Gasteiger partial charge in [0, 0.05) is 5.92 Å². The van der Waals surface area contributed by atoms with Crippen LogP contribution in [0.25, 0.3) is 0 Å². The molecule has 1 saturated carbocycles. The number of aliphatic hydroxyl groups excluding tert-OH is 1. The summed E-state index contributed by atoms with van der Waals surface area (Å²) < 4.78 is 10.6. The predicted molar refractivity (Wildman–Crippen MR) is 71.7 cm³/mol. The van der Waals surface area contributed by atoms with Gasteiger partial charge in [0.15, 0.2) is 0 Å². The van der Waals surface area contributed by atoms with E-state index in [1.807, 2.05) is 20.8 Å². The number of esters is 2. The zero-order valence-electron chi connectivity index (χ0n) is 12.4. The van der Waals surface area contributed by atoms with Crippen molar-refractivity contribution >= 4 is 11.9 Å². The molecule has 2 rings (SSSR count). The monoisotopic (exact) mass is 284 g/mol. The summed E-state index contributed by atoms with van der Waals surface area (Å²) in [6.45, 7) is 6.10. The Balaban J connectivity index is 2.14. The second-order valence-electron chi connectivity index (χ2n) is 6.03. The molecule has 0 unspecified atom stereocenters. The lowest BCUT2D eigenvalue weighted by Crippen LogP contribution is -2.47. The molecule has 2 aliphatic rings. The molecule has 0 aromatic rings. The zero-order valence-corrected chi connectivity index (χ0v) is 12.4. The van der Waals surface area contributed by atoms with Gasteiger partial charge in [0.05, 0.1) is 24.5 Å². The molecule has 6 atom stereocenters. The summed E-state index contributed by atoms with van der Waals surface area (Å²) in [6.07, 6.45) is 1.23. The Morgan fingerprint density at radius 3 is 2.80 bits per heavy atom. The van der Waals surface area contributed by atoms with Gasteiger partial charge in [0.1, 0.15) is 6.10 Å². The molecular weight excluding hydrogens is 260 g/mol. The van der Waals surface area contributed by atoms with E-state index in [4.69, 9.17) is 9.47 Å². The topological polar surface area (TPSA) is 72.8 Å². The van der Waals surface area contributed by atoms with Crippen molar-refractivity contribution in [3.8, 4) is 0 Å². The SMILES string of the molecule is CCCCOC(=O)[C@H]1[C@H](C)[C@H](O)C[C@H]2C(=O)O[C@H](C)[C@@H]12. The van der Waals surface area contributed by atoms with Crippen LogP contribution in [0.4, 0.5) is 0 Å². The Hall–Kier alpha value is -1.10. The lowest BCUT2D eigenvalue weighted by molar-refractivity contribution is -0.160. The minimum absolute atomic E-state index is 0.171. The van der Waals surface area contributed by atoms with Crippen molar-refractivity contribution in [2.45, 2.75) is 52.2 Å². The average Bonchev–Trinajstić information content (AvgIpc) is 2.66. The number of carbonyl (C=O) groups excluding carboxylic acids is 2. The highest BCUT2D eigenvalue weighted by Crippen LogP contribution is 2.46. The van der Waals surface area contributed by atoms with Gasteiger partial charge in [-0.25, -0.2) is 0 Å². The van der Waals surface area contributed by atoms with E-state index in [-0.39, 0.29) is 35.8 Å². The molecule has 0 bridgehead atoms. The third kappa shape index (κ3) is 2.68. The Kier molecular flexibility index (Phi) is 4.68. The fourth-order valence-electron chi connectivity index (χ4n) is 3.48. The van der Waals surface area contributed by atoms with Gasteiger partial charge in [-0.3, -0.25) is 9.59 Å². The molecule has 1 N–H and O–H groups in total. The first-order valence-electron chi connectivity index (χ1n) is 7.52. The number of hydrogen-bond acceptors (Lipinski definition) is 5. The summed E-state index contributed by atoms with van der Waals surface area (Å²) in [6, 6.07) is 0. The van der Waals surface area contributed by atoms with Crippen LogP contribution in [0, 0.1) is 23.7 Å². The molecule has 0 amide bonds. The number of carbonyl (C=O) groups is 2. The minimum Gasteiger partial charge on any atom is -0.465 e. The van der Waals surface area contributed by atoms with Gasteiger partial charge in [-0.15, -0.1) is 0 Å². The van der Waals surface area contributed by atoms with E-state index in [0.29, 0.717) is 13.0 Å². The van der Waals surface area contributed by atoms with E-state index < -0.39 is 12.0 Å². The molecule has 0 radical (unpaired) electrons. The standard InChI is InChI=1S/C15H24O5/c1-4-5-6-19-15(18)12-8(2)11(16)7-10-13(12)9(3)20-14(10)17/h8-13,16H,4-7H2,1-3H3/t8-,9-,10-,11-,12+,13-/m1/s1. The molecule has 1 saturated heterocycles. The van der Waals surface area contributed by atoms with E-state index in [1.54, 1.807) is 0 Å². The van der Waals surface area contributed by atoms with E-state index in [1.165, 1.54) is 0 Å². The van der Waals surface area contributed by atoms with Crippen LogP contribution >= 0.6 is 0 Å². The first-order chi connectivity index (χ1) is 9.47. The number of hydrogen-bond donors (Lipinski definition) is 1. The van der Waals surface area contributed by atoms with E-state index in [9.17, 15) is 14.7 Å². The second-order valence-corrected chi connectivity index (χ2v) is 6.03. The average molecular weight is 284 g/mol. The normalized spacial score (nSPS) is 40.1. The van der Waals surface area contributed by atoms with Crippen molar-refractivity contribution in [3.63, 3.8) is 0 Å².